The number of anilines is 2. The number of thioether (sulfide) groups is 1. The van der Waals surface area contributed by atoms with Crippen molar-refractivity contribution >= 4 is 29.2 Å². The van der Waals surface area contributed by atoms with Crippen molar-refractivity contribution < 1.29 is 24.1 Å². The normalized spacial score (nSPS) is 17.8. The minimum absolute atomic E-state index is 0.00226. The number of aliphatic hydroxyl groups excluding tert-OH is 1. The number of aliphatic hydroxyl groups is 1. The SMILES string of the molecule is O=C(Nc1ccc(Oc2ccccc2)cc1)Nc1ccc(C2OC(CSc3ccccc3)CC(c3ccc(CO)cc3)O2)cc1. The summed E-state index contributed by atoms with van der Waals surface area (Å²) >= 11 is 1.76. The molecule has 0 bridgehead atoms. The number of carbonyl (C=O) groups excluding carboxylic acids is 1. The summed E-state index contributed by atoms with van der Waals surface area (Å²) in [5.74, 6) is 2.21. The predicted octanol–water partition coefficient (Wildman–Crippen LogP) is 8.95. The van der Waals surface area contributed by atoms with E-state index in [4.69, 9.17) is 14.2 Å². The molecule has 0 aromatic heterocycles. The van der Waals surface area contributed by atoms with Crippen LogP contribution in [-0.4, -0.2) is 23.0 Å². The summed E-state index contributed by atoms with van der Waals surface area (Å²) in [6, 6.07) is 42.0. The molecule has 3 atom stereocenters. The smallest absolute Gasteiger partial charge is 0.323 e. The summed E-state index contributed by atoms with van der Waals surface area (Å²) in [7, 11) is 0. The third-order valence-electron chi connectivity index (χ3n) is 7.33. The van der Waals surface area contributed by atoms with Crippen LogP contribution in [0.2, 0.25) is 0 Å². The average molecular weight is 619 g/mol. The Labute approximate surface area is 267 Å². The van der Waals surface area contributed by atoms with E-state index in [1.54, 1.807) is 23.9 Å². The number of para-hydroxylation sites is 1. The van der Waals surface area contributed by atoms with Crippen molar-refractivity contribution in [3.63, 3.8) is 0 Å². The van der Waals surface area contributed by atoms with E-state index >= 15 is 0 Å². The summed E-state index contributed by atoms with van der Waals surface area (Å²) in [4.78, 5) is 13.9. The van der Waals surface area contributed by atoms with E-state index in [2.05, 4.69) is 22.8 Å². The van der Waals surface area contributed by atoms with Crippen molar-refractivity contribution in [2.24, 2.45) is 0 Å². The largest absolute Gasteiger partial charge is 0.457 e. The maximum atomic E-state index is 12.7. The quantitative estimate of drug-likeness (QED) is 0.135. The molecule has 1 heterocycles. The standard InChI is InChI=1S/C37H34N2O5S/c40-24-26-11-13-27(14-12-26)35-23-33(25-45-34-9-5-2-6-10-34)43-36(44-35)28-15-17-29(18-16-28)38-37(41)39-30-19-21-32(22-20-30)42-31-7-3-1-4-8-31/h1-22,33,35-36,40H,23-25H2,(H2,38,39,41). The first-order chi connectivity index (χ1) is 22.1. The highest BCUT2D eigenvalue weighted by Gasteiger charge is 2.32. The molecule has 1 aliphatic heterocycles. The highest BCUT2D eigenvalue weighted by Crippen LogP contribution is 2.39. The molecule has 0 spiro atoms. The van der Waals surface area contributed by atoms with Crippen molar-refractivity contribution in [1.29, 1.82) is 0 Å². The lowest BCUT2D eigenvalue weighted by Crippen LogP contribution is -2.31. The predicted molar refractivity (Wildman–Crippen MR) is 178 cm³/mol. The Morgan fingerprint density at radius 2 is 1.29 bits per heavy atom. The lowest BCUT2D eigenvalue weighted by Gasteiger charge is -2.36. The van der Waals surface area contributed by atoms with Gasteiger partial charge in [-0.3, -0.25) is 0 Å². The minimum Gasteiger partial charge on any atom is -0.457 e. The summed E-state index contributed by atoms with van der Waals surface area (Å²) < 4.78 is 18.7. The van der Waals surface area contributed by atoms with Crippen LogP contribution in [0.3, 0.4) is 0 Å². The maximum Gasteiger partial charge on any atom is 0.323 e. The second-order valence-electron chi connectivity index (χ2n) is 10.6. The number of hydrogen-bond donors (Lipinski definition) is 3. The van der Waals surface area contributed by atoms with Crippen molar-refractivity contribution in [1.82, 2.24) is 0 Å². The summed E-state index contributed by atoms with van der Waals surface area (Å²) in [6.07, 6.45) is -0.0499. The number of ether oxygens (including phenoxy) is 3. The number of nitrogens with one attached hydrogen (secondary N) is 2. The molecule has 228 valence electrons. The minimum atomic E-state index is -0.567. The van der Waals surface area contributed by atoms with Crippen LogP contribution in [0.5, 0.6) is 11.5 Å². The highest BCUT2D eigenvalue weighted by molar-refractivity contribution is 7.99. The van der Waals surface area contributed by atoms with E-state index in [0.717, 1.165) is 28.2 Å². The molecule has 1 saturated heterocycles. The lowest BCUT2D eigenvalue weighted by atomic mass is 10.0. The molecule has 0 aliphatic carbocycles. The second kappa shape index (κ2) is 14.9. The maximum absolute atomic E-state index is 12.7. The fourth-order valence-corrected chi connectivity index (χ4v) is 5.92. The van der Waals surface area contributed by atoms with Gasteiger partial charge in [-0.25, -0.2) is 4.79 Å². The molecule has 3 unspecified atom stereocenters. The van der Waals surface area contributed by atoms with Crippen LogP contribution in [0, 0.1) is 0 Å². The van der Waals surface area contributed by atoms with E-state index in [1.807, 2.05) is 109 Å². The Balaban J connectivity index is 1.08. The van der Waals surface area contributed by atoms with Gasteiger partial charge in [0.05, 0.1) is 18.8 Å². The third kappa shape index (κ3) is 8.53. The molecule has 1 fully saturated rings. The van der Waals surface area contributed by atoms with Crippen LogP contribution in [0.4, 0.5) is 16.2 Å². The molecule has 5 aromatic rings. The molecule has 1 aliphatic rings. The first kappa shape index (κ1) is 30.4. The zero-order valence-corrected chi connectivity index (χ0v) is 25.4. The van der Waals surface area contributed by atoms with Crippen molar-refractivity contribution in [2.75, 3.05) is 16.4 Å². The van der Waals surface area contributed by atoms with Gasteiger partial charge in [-0.2, -0.15) is 0 Å². The molecule has 5 aromatic carbocycles. The van der Waals surface area contributed by atoms with E-state index in [1.165, 1.54) is 4.90 Å². The van der Waals surface area contributed by atoms with E-state index in [9.17, 15) is 9.90 Å². The topological polar surface area (TPSA) is 89.1 Å². The van der Waals surface area contributed by atoms with Gasteiger partial charge in [0.25, 0.3) is 0 Å². The Hall–Kier alpha value is -4.60. The third-order valence-corrected chi connectivity index (χ3v) is 8.47. The number of rotatable bonds is 10. The van der Waals surface area contributed by atoms with Gasteiger partial charge in [0.15, 0.2) is 6.29 Å². The molecule has 0 radical (unpaired) electrons. The van der Waals surface area contributed by atoms with E-state index in [-0.39, 0.29) is 24.8 Å². The fourth-order valence-electron chi connectivity index (χ4n) is 4.98. The Kier molecular flexibility index (Phi) is 10.1. The summed E-state index contributed by atoms with van der Waals surface area (Å²) in [5.41, 5.74) is 4.06. The first-order valence-corrected chi connectivity index (χ1v) is 15.8. The first-order valence-electron chi connectivity index (χ1n) is 14.8. The number of hydrogen-bond acceptors (Lipinski definition) is 6. The van der Waals surface area contributed by atoms with Gasteiger partial charge < -0.3 is 30.0 Å². The zero-order valence-electron chi connectivity index (χ0n) is 24.5. The van der Waals surface area contributed by atoms with Crippen molar-refractivity contribution in [3.05, 3.63) is 150 Å². The van der Waals surface area contributed by atoms with Crippen LogP contribution < -0.4 is 15.4 Å². The molecule has 8 heteroatoms. The Bertz CT molecular complexity index is 1650. The molecule has 3 N–H and O–H groups in total. The molecular weight excluding hydrogens is 584 g/mol. The number of carbonyl (C=O) groups is 1. The zero-order chi connectivity index (χ0) is 30.8. The highest BCUT2D eigenvalue weighted by atomic mass is 32.2. The van der Waals surface area contributed by atoms with Crippen molar-refractivity contribution in [2.45, 2.75) is 36.4 Å². The monoisotopic (exact) mass is 618 g/mol. The van der Waals surface area contributed by atoms with Gasteiger partial charge in [-0.05, 0) is 71.8 Å². The Morgan fingerprint density at radius 3 is 1.93 bits per heavy atom. The van der Waals surface area contributed by atoms with Gasteiger partial charge in [-0.1, -0.05) is 72.8 Å². The summed E-state index contributed by atoms with van der Waals surface area (Å²) in [5, 5.41) is 15.2. The van der Waals surface area contributed by atoms with Gasteiger partial charge in [0, 0.05) is 34.0 Å². The molecule has 0 saturated carbocycles. The average Bonchev–Trinajstić information content (AvgIpc) is 3.09. The molecular formula is C37H34N2O5S. The van der Waals surface area contributed by atoms with Crippen LogP contribution in [-0.2, 0) is 16.1 Å². The number of amides is 2. The molecule has 2 amide bonds. The Morgan fingerprint density at radius 1 is 0.711 bits per heavy atom. The fraction of sp³-hybridized carbons (Fsp3) is 0.162. The van der Waals surface area contributed by atoms with Crippen LogP contribution >= 0.6 is 11.8 Å². The van der Waals surface area contributed by atoms with Gasteiger partial charge in [0.2, 0.25) is 0 Å². The van der Waals surface area contributed by atoms with Gasteiger partial charge in [-0.15, -0.1) is 11.8 Å². The lowest BCUT2D eigenvalue weighted by molar-refractivity contribution is -0.245. The summed E-state index contributed by atoms with van der Waals surface area (Å²) in [6.45, 7) is 0.00226. The van der Waals surface area contributed by atoms with Crippen LogP contribution in [0.25, 0.3) is 0 Å². The van der Waals surface area contributed by atoms with Gasteiger partial charge in [0.1, 0.15) is 11.5 Å². The number of benzene rings is 5. The van der Waals surface area contributed by atoms with E-state index < -0.39 is 6.29 Å². The second-order valence-corrected chi connectivity index (χ2v) is 11.7. The van der Waals surface area contributed by atoms with Gasteiger partial charge >= 0.3 is 6.03 Å². The molecule has 45 heavy (non-hydrogen) atoms. The van der Waals surface area contributed by atoms with Crippen LogP contribution in [0.1, 0.15) is 35.5 Å². The van der Waals surface area contributed by atoms with E-state index in [0.29, 0.717) is 23.5 Å². The molecule has 6 rings (SSSR count). The molecule has 7 nitrogen and oxygen atoms in total. The number of urea groups is 1. The van der Waals surface area contributed by atoms with Crippen LogP contribution in [0.15, 0.2) is 138 Å². The van der Waals surface area contributed by atoms with Crippen molar-refractivity contribution in [3.8, 4) is 11.5 Å².